The maximum atomic E-state index is 12.6. The minimum absolute atomic E-state index is 0.234. The van der Waals surface area contributed by atoms with E-state index >= 15 is 0 Å². The fourth-order valence-electron chi connectivity index (χ4n) is 2.51. The Hall–Kier alpha value is -1.20. The van der Waals surface area contributed by atoms with Gasteiger partial charge in [0.25, 0.3) is 0 Å². The normalized spacial score (nSPS) is 17.7. The predicted octanol–water partition coefficient (Wildman–Crippen LogP) is 0.951. The van der Waals surface area contributed by atoms with Crippen molar-refractivity contribution >= 4 is 5.78 Å². The number of aryl methyl sites for hydroxylation is 2. The van der Waals surface area contributed by atoms with E-state index in [-0.39, 0.29) is 5.78 Å². The van der Waals surface area contributed by atoms with Crippen LogP contribution in [-0.2, 0) is 23.0 Å². The number of carbonyl (C=O) groups excluding carboxylic acids is 1. The summed E-state index contributed by atoms with van der Waals surface area (Å²) in [5, 5.41) is 4.29. The Balaban J connectivity index is 2.07. The molecule has 1 aliphatic rings. The van der Waals surface area contributed by atoms with Crippen molar-refractivity contribution in [2.24, 2.45) is 7.05 Å². The summed E-state index contributed by atoms with van der Waals surface area (Å²) in [7, 11) is 1.89. The molecule has 0 aromatic carbocycles. The number of rotatable bonds is 4. The Kier molecular flexibility index (Phi) is 4.06. The largest absolute Gasteiger partial charge is 0.379 e. The molecule has 1 aromatic rings. The lowest BCUT2D eigenvalue weighted by atomic mass is 9.92. The van der Waals surface area contributed by atoms with Crippen LogP contribution in [0.1, 0.15) is 25.2 Å². The lowest BCUT2D eigenvalue weighted by molar-refractivity contribution is -0.131. The van der Waals surface area contributed by atoms with Gasteiger partial charge >= 0.3 is 0 Å². The quantitative estimate of drug-likeness (QED) is 0.813. The van der Waals surface area contributed by atoms with E-state index in [9.17, 15) is 4.79 Å². The summed E-state index contributed by atoms with van der Waals surface area (Å²) in [4.78, 5) is 14.8. The van der Waals surface area contributed by atoms with Crippen molar-refractivity contribution in [3.63, 3.8) is 0 Å². The van der Waals surface area contributed by atoms with Crippen molar-refractivity contribution < 1.29 is 9.53 Å². The van der Waals surface area contributed by atoms with Crippen LogP contribution in [0.5, 0.6) is 0 Å². The zero-order valence-corrected chi connectivity index (χ0v) is 12.3. The number of ether oxygens (including phenoxy) is 1. The molecule has 1 fully saturated rings. The van der Waals surface area contributed by atoms with Crippen LogP contribution >= 0.6 is 0 Å². The molecule has 2 heterocycles. The van der Waals surface area contributed by atoms with Gasteiger partial charge < -0.3 is 4.74 Å². The fourth-order valence-corrected chi connectivity index (χ4v) is 2.51. The Morgan fingerprint density at radius 2 is 2.05 bits per heavy atom. The molecule has 0 atom stereocenters. The van der Waals surface area contributed by atoms with Crippen LogP contribution in [0.25, 0.3) is 0 Å². The van der Waals surface area contributed by atoms with Crippen LogP contribution in [-0.4, -0.2) is 52.3 Å². The van der Waals surface area contributed by atoms with Gasteiger partial charge in [-0.2, -0.15) is 5.10 Å². The number of carbonyl (C=O) groups is 1. The van der Waals surface area contributed by atoms with Gasteiger partial charge in [-0.25, -0.2) is 0 Å². The zero-order chi connectivity index (χ0) is 14.0. The SMILES string of the molecule is Cc1cc(CC(=O)C(C)(C)N2CCOCC2)n(C)n1. The van der Waals surface area contributed by atoms with Crippen LogP contribution in [0.4, 0.5) is 0 Å². The average Bonchev–Trinajstić information content (AvgIpc) is 2.69. The third-order valence-electron chi connectivity index (χ3n) is 3.92. The van der Waals surface area contributed by atoms with E-state index in [1.807, 2.05) is 33.9 Å². The molecule has 106 valence electrons. The molecule has 1 aliphatic heterocycles. The first-order chi connectivity index (χ1) is 8.91. The van der Waals surface area contributed by atoms with E-state index < -0.39 is 5.54 Å². The zero-order valence-electron chi connectivity index (χ0n) is 12.3. The predicted molar refractivity (Wildman–Crippen MR) is 73.1 cm³/mol. The molecular weight excluding hydrogens is 242 g/mol. The van der Waals surface area contributed by atoms with Gasteiger partial charge in [-0.3, -0.25) is 14.4 Å². The van der Waals surface area contributed by atoms with E-state index in [0.29, 0.717) is 19.6 Å². The molecule has 1 aromatic heterocycles. The number of Topliss-reactive ketones (excluding diaryl/α,β-unsaturated/α-hetero) is 1. The van der Waals surface area contributed by atoms with Crippen LogP contribution < -0.4 is 0 Å². The fraction of sp³-hybridized carbons (Fsp3) is 0.714. The summed E-state index contributed by atoms with van der Waals surface area (Å²) in [5.74, 6) is 0.234. The third-order valence-corrected chi connectivity index (χ3v) is 3.92. The number of hydrogen-bond acceptors (Lipinski definition) is 4. The third kappa shape index (κ3) is 3.04. The molecular formula is C14H23N3O2. The van der Waals surface area contributed by atoms with E-state index in [1.165, 1.54) is 0 Å². The molecule has 5 heteroatoms. The first-order valence-electron chi connectivity index (χ1n) is 6.77. The van der Waals surface area contributed by atoms with E-state index in [0.717, 1.165) is 24.5 Å². The molecule has 0 spiro atoms. The van der Waals surface area contributed by atoms with Crippen molar-refractivity contribution in [3.05, 3.63) is 17.5 Å². The van der Waals surface area contributed by atoms with Gasteiger partial charge in [-0.15, -0.1) is 0 Å². The number of ketones is 1. The Morgan fingerprint density at radius 3 is 2.58 bits per heavy atom. The second-order valence-electron chi connectivity index (χ2n) is 5.66. The molecule has 0 bridgehead atoms. The Morgan fingerprint density at radius 1 is 1.42 bits per heavy atom. The highest BCUT2D eigenvalue weighted by molar-refractivity contribution is 5.89. The maximum Gasteiger partial charge on any atom is 0.158 e. The van der Waals surface area contributed by atoms with E-state index in [2.05, 4.69) is 10.00 Å². The number of nitrogens with zero attached hydrogens (tertiary/aromatic N) is 3. The van der Waals surface area contributed by atoms with Gasteiger partial charge in [0, 0.05) is 25.8 Å². The van der Waals surface area contributed by atoms with Crippen molar-refractivity contribution in [2.45, 2.75) is 32.7 Å². The average molecular weight is 265 g/mol. The van der Waals surface area contributed by atoms with Crippen LogP contribution in [0.3, 0.4) is 0 Å². The number of morpholine rings is 1. The van der Waals surface area contributed by atoms with Crippen molar-refractivity contribution in [1.29, 1.82) is 0 Å². The molecule has 19 heavy (non-hydrogen) atoms. The molecule has 2 rings (SSSR count). The molecule has 0 unspecified atom stereocenters. The topological polar surface area (TPSA) is 47.4 Å². The van der Waals surface area contributed by atoms with Crippen LogP contribution in [0.15, 0.2) is 6.07 Å². The summed E-state index contributed by atoms with van der Waals surface area (Å²) in [6.45, 7) is 9.02. The number of aromatic nitrogens is 2. The van der Waals surface area contributed by atoms with Gasteiger partial charge in [0.05, 0.1) is 30.9 Å². The van der Waals surface area contributed by atoms with Crippen molar-refractivity contribution in [1.82, 2.24) is 14.7 Å². The highest BCUT2D eigenvalue weighted by atomic mass is 16.5. The van der Waals surface area contributed by atoms with Gasteiger partial charge in [0.2, 0.25) is 0 Å². The maximum absolute atomic E-state index is 12.6. The standard InChI is InChI=1S/C14H23N3O2/c1-11-9-12(16(4)15-11)10-13(18)14(2,3)17-5-7-19-8-6-17/h9H,5-8,10H2,1-4H3. The summed E-state index contributed by atoms with van der Waals surface area (Å²) in [6, 6.07) is 1.98. The van der Waals surface area contributed by atoms with Crippen LogP contribution in [0.2, 0.25) is 0 Å². The van der Waals surface area contributed by atoms with Gasteiger partial charge in [-0.05, 0) is 26.8 Å². The van der Waals surface area contributed by atoms with E-state index in [4.69, 9.17) is 4.74 Å². The minimum atomic E-state index is -0.443. The lowest BCUT2D eigenvalue weighted by Crippen LogP contribution is -2.55. The summed E-state index contributed by atoms with van der Waals surface area (Å²) in [6.07, 6.45) is 0.432. The lowest BCUT2D eigenvalue weighted by Gasteiger charge is -2.39. The van der Waals surface area contributed by atoms with Crippen molar-refractivity contribution in [2.75, 3.05) is 26.3 Å². The second-order valence-corrected chi connectivity index (χ2v) is 5.66. The molecule has 0 radical (unpaired) electrons. The first-order valence-corrected chi connectivity index (χ1v) is 6.77. The first kappa shape index (κ1) is 14.2. The highest BCUT2D eigenvalue weighted by Crippen LogP contribution is 2.19. The van der Waals surface area contributed by atoms with Gasteiger partial charge in [0.15, 0.2) is 5.78 Å². The summed E-state index contributed by atoms with van der Waals surface area (Å²) < 4.78 is 7.14. The molecule has 5 nitrogen and oxygen atoms in total. The number of hydrogen-bond donors (Lipinski definition) is 0. The summed E-state index contributed by atoms with van der Waals surface area (Å²) in [5.41, 5.74) is 1.49. The molecule has 0 aliphatic carbocycles. The molecule has 0 N–H and O–H groups in total. The Bertz CT molecular complexity index is 459. The molecule has 0 saturated carbocycles. The summed E-state index contributed by atoms with van der Waals surface area (Å²) >= 11 is 0. The van der Waals surface area contributed by atoms with Gasteiger partial charge in [-0.1, -0.05) is 0 Å². The molecule has 1 saturated heterocycles. The monoisotopic (exact) mass is 265 g/mol. The molecule has 0 amide bonds. The minimum Gasteiger partial charge on any atom is -0.379 e. The van der Waals surface area contributed by atoms with Crippen molar-refractivity contribution in [3.8, 4) is 0 Å². The smallest absolute Gasteiger partial charge is 0.158 e. The van der Waals surface area contributed by atoms with Gasteiger partial charge in [0.1, 0.15) is 0 Å². The van der Waals surface area contributed by atoms with E-state index in [1.54, 1.807) is 4.68 Å². The highest BCUT2D eigenvalue weighted by Gasteiger charge is 2.35. The van der Waals surface area contributed by atoms with Crippen LogP contribution in [0, 0.1) is 6.92 Å². The second kappa shape index (κ2) is 5.43. The Labute approximate surface area is 114 Å².